The summed E-state index contributed by atoms with van der Waals surface area (Å²) in [5.74, 6) is 0.953. The molecule has 18 heavy (non-hydrogen) atoms. The molecular weight excluding hydrogens is 216 g/mol. The fourth-order valence-corrected chi connectivity index (χ4v) is 2.61. The molecule has 0 saturated heterocycles. The Morgan fingerprint density at radius 2 is 1.83 bits per heavy atom. The highest BCUT2D eigenvalue weighted by Crippen LogP contribution is 2.35. The lowest BCUT2D eigenvalue weighted by Crippen LogP contribution is -2.10. The quantitative estimate of drug-likeness (QED) is 0.683. The van der Waals surface area contributed by atoms with Gasteiger partial charge in [-0.25, -0.2) is 0 Å². The Bertz CT molecular complexity index is 568. The van der Waals surface area contributed by atoms with E-state index in [0.717, 1.165) is 5.92 Å². The molecule has 3 rings (SSSR count). The molecule has 0 heterocycles. The smallest absolute Gasteiger partial charge is 0.0132 e. The molecule has 0 N–H and O–H groups in total. The van der Waals surface area contributed by atoms with E-state index in [4.69, 9.17) is 0 Å². The van der Waals surface area contributed by atoms with Crippen molar-refractivity contribution in [3.05, 3.63) is 47.5 Å². The maximum Gasteiger partial charge on any atom is -0.0132 e. The minimum absolute atomic E-state index is 0.237. The van der Waals surface area contributed by atoms with E-state index in [-0.39, 0.29) is 5.41 Å². The fraction of sp³-hybridized carbons (Fsp3) is 0.444. The average molecular weight is 238 g/mol. The molecule has 1 fully saturated rings. The van der Waals surface area contributed by atoms with E-state index in [1.165, 1.54) is 35.6 Å². The van der Waals surface area contributed by atoms with Crippen LogP contribution >= 0.6 is 0 Å². The van der Waals surface area contributed by atoms with E-state index in [1.54, 1.807) is 5.56 Å². The van der Waals surface area contributed by atoms with Gasteiger partial charge in [0, 0.05) is 0 Å². The van der Waals surface area contributed by atoms with Crippen LogP contribution in [0.3, 0.4) is 0 Å². The number of hydrogen-bond acceptors (Lipinski definition) is 0. The zero-order valence-electron chi connectivity index (χ0n) is 11.7. The van der Waals surface area contributed by atoms with Crippen LogP contribution in [0, 0.1) is 5.92 Å². The van der Waals surface area contributed by atoms with Gasteiger partial charge in [0.1, 0.15) is 0 Å². The zero-order chi connectivity index (χ0) is 12.8. The Morgan fingerprint density at radius 3 is 2.50 bits per heavy atom. The molecule has 0 aromatic heterocycles. The van der Waals surface area contributed by atoms with Gasteiger partial charge in [-0.3, -0.25) is 0 Å². The predicted molar refractivity (Wildman–Crippen MR) is 79.1 cm³/mol. The van der Waals surface area contributed by atoms with Crippen molar-refractivity contribution in [3.63, 3.8) is 0 Å². The van der Waals surface area contributed by atoms with Crippen LogP contribution in [0.1, 0.15) is 44.7 Å². The van der Waals surface area contributed by atoms with Crippen LogP contribution in [0.15, 0.2) is 36.4 Å². The summed E-state index contributed by atoms with van der Waals surface area (Å²) >= 11 is 0. The Labute approximate surface area is 110 Å². The normalized spacial score (nSPS) is 16.2. The average Bonchev–Trinajstić information content (AvgIpc) is 3.12. The lowest BCUT2D eigenvalue weighted by Gasteiger charge is -2.20. The molecule has 2 aromatic carbocycles. The molecule has 0 bridgehead atoms. The predicted octanol–water partition coefficient (Wildman–Crippen LogP) is 5.09. The van der Waals surface area contributed by atoms with Crippen molar-refractivity contribution in [2.45, 2.75) is 45.4 Å². The Morgan fingerprint density at radius 1 is 1.06 bits per heavy atom. The van der Waals surface area contributed by atoms with Gasteiger partial charge in [0.25, 0.3) is 0 Å². The summed E-state index contributed by atoms with van der Waals surface area (Å²) in [5.41, 5.74) is 3.22. The molecule has 0 heteroatoms. The van der Waals surface area contributed by atoms with Gasteiger partial charge in [-0.15, -0.1) is 0 Å². The van der Waals surface area contributed by atoms with Gasteiger partial charge < -0.3 is 0 Å². The molecular formula is C18H22. The second-order valence-corrected chi connectivity index (χ2v) is 6.75. The standard InChI is InChI=1S/C18H22/c1-18(2,3)16-10-9-14-5-4-6-15(17(14)12-16)11-13-7-8-13/h4-6,9-10,12-13H,7-8,11H2,1-3H3. The molecule has 0 nitrogen and oxygen atoms in total. The summed E-state index contributed by atoms with van der Waals surface area (Å²) in [6.45, 7) is 6.87. The van der Waals surface area contributed by atoms with Crippen molar-refractivity contribution in [1.82, 2.24) is 0 Å². The lowest BCUT2D eigenvalue weighted by atomic mass is 9.85. The Balaban J connectivity index is 2.11. The zero-order valence-corrected chi connectivity index (χ0v) is 11.7. The second kappa shape index (κ2) is 4.12. The fourth-order valence-electron chi connectivity index (χ4n) is 2.61. The van der Waals surface area contributed by atoms with Crippen LogP contribution in [0.4, 0.5) is 0 Å². The van der Waals surface area contributed by atoms with Gasteiger partial charge >= 0.3 is 0 Å². The van der Waals surface area contributed by atoms with Gasteiger partial charge in [-0.1, -0.05) is 57.2 Å². The maximum atomic E-state index is 2.41. The summed E-state index contributed by atoms with van der Waals surface area (Å²) in [6.07, 6.45) is 4.12. The van der Waals surface area contributed by atoms with Crippen LogP contribution in [-0.2, 0) is 11.8 Å². The molecule has 0 radical (unpaired) electrons. The van der Waals surface area contributed by atoms with Crippen LogP contribution in [0.5, 0.6) is 0 Å². The monoisotopic (exact) mass is 238 g/mol. The number of benzene rings is 2. The van der Waals surface area contributed by atoms with Crippen molar-refractivity contribution in [1.29, 1.82) is 0 Å². The van der Waals surface area contributed by atoms with Crippen LogP contribution < -0.4 is 0 Å². The first-order valence-electron chi connectivity index (χ1n) is 7.06. The Kier molecular flexibility index (Phi) is 2.69. The summed E-state index contributed by atoms with van der Waals surface area (Å²) in [6, 6.07) is 13.7. The third-order valence-electron chi connectivity index (χ3n) is 4.04. The highest BCUT2D eigenvalue weighted by atomic mass is 14.3. The van der Waals surface area contributed by atoms with Crippen LogP contribution in [0.2, 0.25) is 0 Å². The highest BCUT2D eigenvalue weighted by Gasteiger charge is 2.22. The second-order valence-electron chi connectivity index (χ2n) is 6.75. The van der Waals surface area contributed by atoms with Gasteiger partial charge in [0.2, 0.25) is 0 Å². The largest absolute Gasteiger partial charge is 0.0614 e. The lowest BCUT2D eigenvalue weighted by molar-refractivity contribution is 0.591. The molecule has 0 aliphatic heterocycles. The SMILES string of the molecule is CC(C)(C)c1ccc2cccc(CC3CC3)c2c1. The van der Waals surface area contributed by atoms with E-state index in [9.17, 15) is 0 Å². The summed E-state index contributed by atoms with van der Waals surface area (Å²) in [4.78, 5) is 0. The first-order valence-corrected chi connectivity index (χ1v) is 7.06. The van der Waals surface area contributed by atoms with Crippen molar-refractivity contribution < 1.29 is 0 Å². The molecule has 1 aliphatic rings. The van der Waals surface area contributed by atoms with E-state index in [2.05, 4.69) is 57.2 Å². The highest BCUT2D eigenvalue weighted by molar-refractivity contribution is 5.86. The number of hydrogen-bond donors (Lipinski definition) is 0. The summed E-state index contributed by atoms with van der Waals surface area (Å²) < 4.78 is 0. The van der Waals surface area contributed by atoms with Gasteiger partial charge in [0.05, 0.1) is 0 Å². The molecule has 1 saturated carbocycles. The third kappa shape index (κ3) is 2.29. The van der Waals surface area contributed by atoms with Crippen molar-refractivity contribution in [3.8, 4) is 0 Å². The summed E-state index contributed by atoms with van der Waals surface area (Å²) in [7, 11) is 0. The van der Waals surface area contributed by atoms with Crippen molar-refractivity contribution in [2.75, 3.05) is 0 Å². The summed E-state index contributed by atoms with van der Waals surface area (Å²) in [5, 5.41) is 2.86. The van der Waals surface area contributed by atoms with E-state index in [0.29, 0.717) is 0 Å². The number of fused-ring (bicyclic) bond motifs is 1. The van der Waals surface area contributed by atoms with Crippen molar-refractivity contribution >= 4 is 10.8 Å². The first kappa shape index (κ1) is 11.8. The number of rotatable bonds is 2. The van der Waals surface area contributed by atoms with Gasteiger partial charge in [0.15, 0.2) is 0 Å². The van der Waals surface area contributed by atoms with Gasteiger partial charge in [-0.2, -0.15) is 0 Å². The molecule has 94 valence electrons. The molecule has 0 amide bonds. The van der Waals surface area contributed by atoms with Crippen molar-refractivity contribution in [2.24, 2.45) is 5.92 Å². The van der Waals surface area contributed by atoms with E-state index in [1.807, 2.05) is 0 Å². The minimum atomic E-state index is 0.237. The van der Waals surface area contributed by atoms with Crippen LogP contribution in [0.25, 0.3) is 10.8 Å². The topological polar surface area (TPSA) is 0 Å². The van der Waals surface area contributed by atoms with Gasteiger partial charge in [-0.05, 0) is 52.5 Å². The van der Waals surface area contributed by atoms with E-state index >= 15 is 0 Å². The van der Waals surface area contributed by atoms with Crippen LogP contribution in [-0.4, -0.2) is 0 Å². The first-order chi connectivity index (χ1) is 8.54. The third-order valence-corrected chi connectivity index (χ3v) is 4.04. The molecule has 0 spiro atoms. The maximum absolute atomic E-state index is 2.41. The molecule has 0 unspecified atom stereocenters. The van der Waals surface area contributed by atoms with E-state index < -0.39 is 0 Å². The molecule has 1 aliphatic carbocycles. The molecule has 2 aromatic rings. The minimum Gasteiger partial charge on any atom is -0.0614 e. The Hall–Kier alpha value is -1.30. The molecule has 0 atom stereocenters.